The highest BCUT2D eigenvalue weighted by Gasteiger charge is 2.15. The predicted molar refractivity (Wildman–Crippen MR) is 105 cm³/mol. The molecular weight excluding hydrogens is 338 g/mol. The van der Waals surface area contributed by atoms with Crippen molar-refractivity contribution in [3.8, 4) is 11.4 Å². The second-order valence-electron chi connectivity index (χ2n) is 6.46. The molecule has 0 spiro atoms. The average Bonchev–Trinajstić information content (AvgIpc) is 2.99. The number of anilines is 2. The number of aromatic nitrogens is 4. The Balaban J connectivity index is 1.73. The van der Waals surface area contributed by atoms with Crippen LogP contribution in [-0.2, 0) is 0 Å². The number of rotatable bonds is 4. The van der Waals surface area contributed by atoms with E-state index in [0.717, 1.165) is 34.0 Å². The first-order valence-corrected chi connectivity index (χ1v) is 8.68. The molecular formula is C21H19N5O. The van der Waals surface area contributed by atoms with Gasteiger partial charge in [0.15, 0.2) is 5.78 Å². The van der Waals surface area contributed by atoms with Gasteiger partial charge >= 0.3 is 0 Å². The fourth-order valence-corrected chi connectivity index (χ4v) is 3.06. The van der Waals surface area contributed by atoms with Gasteiger partial charge in [-0.1, -0.05) is 6.07 Å². The molecule has 0 aliphatic heterocycles. The monoisotopic (exact) mass is 357 g/mol. The van der Waals surface area contributed by atoms with Crippen LogP contribution >= 0.6 is 0 Å². The first-order chi connectivity index (χ1) is 13.0. The van der Waals surface area contributed by atoms with E-state index in [9.17, 15) is 4.79 Å². The normalized spacial score (nSPS) is 10.9. The second-order valence-corrected chi connectivity index (χ2v) is 6.46. The van der Waals surface area contributed by atoms with Crippen molar-refractivity contribution in [3.63, 3.8) is 0 Å². The number of hydrogen-bond donors (Lipinski definition) is 1. The highest BCUT2D eigenvalue weighted by atomic mass is 16.1. The number of nitrogens with zero attached hydrogens (tertiary/aromatic N) is 4. The Kier molecular flexibility index (Phi) is 4.16. The molecule has 1 N–H and O–H groups in total. The van der Waals surface area contributed by atoms with Crippen LogP contribution in [0.15, 0.2) is 54.9 Å². The van der Waals surface area contributed by atoms with Gasteiger partial charge in [0.05, 0.1) is 17.1 Å². The summed E-state index contributed by atoms with van der Waals surface area (Å²) in [6.45, 7) is 5.52. The van der Waals surface area contributed by atoms with Crippen LogP contribution in [0.3, 0.4) is 0 Å². The lowest BCUT2D eigenvalue weighted by Crippen LogP contribution is -2.02. The highest BCUT2D eigenvalue weighted by Crippen LogP contribution is 2.27. The van der Waals surface area contributed by atoms with Crippen molar-refractivity contribution in [2.75, 3.05) is 5.32 Å². The van der Waals surface area contributed by atoms with Gasteiger partial charge in [-0.25, -0.2) is 15.0 Å². The summed E-state index contributed by atoms with van der Waals surface area (Å²) in [5.74, 6) is 0.537. The number of carbonyl (C=O) groups is 1. The number of fused-ring (bicyclic) bond motifs is 1. The van der Waals surface area contributed by atoms with Gasteiger partial charge in [-0.3, -0.25) is 9.20 Å². The maximum Gasteiger partial charge on any atom is 0.227 e. The number of Topliss-reactive ketones (excluding diaryl/α,β-unsaturated/α-hetero) is 1. The summed E-state index contributed by atoms with van der Waals surface area (Å²) in [6, 6.07) is 13.2. The molecule has 4 aromatic rings. The molecule has 134 valence electrons. The highest BCUT2D eigenvalue weighted by molar-refractivity contribution is 5.94. The molecule has 0 radical (unpaired) electrons. The summed E-state index contributed by atoms with van der Waals surface area (Å²) in [7, 11) is 0. The Morgan fingerprint density at radius 3 is 2.56 bits per heavy atom. The molecule has 0 saturated carbocycles. The zero-order chi connectivity index (χ0) is 19.0. The second kappa shape index (κ2) is 6.64. The molecule has 0 fully saturated rings. The van der Waals surface area contributed by atoms with E-state index in [2.05, 4.69) is 15.3 Å². The molecule has 1 aromatic carbocycles. The first-order valence-electron chi connectivity index (χ1n) is 8.68. The van der Waals surface area contributed by atoms with Crippen LogP contribution in [0.25, 0.3) is 17.0 Å². The van der Waals surface area contributed by atoms with Gasteiger partial charge in [-0.15, -0.1) is 0 Å². The van der Waals surface area contributed by atoms with Gasteiger partial charge in [-0.2, -0.15) is 0 Å². The summed E-state index contributed by atoms with van der Waals surface area (Å²) in [6.07, 6.45) is 3.79. The Labute approximate surface area is 156 Å². The van der Waals surface area contributed by atoms with Gasteiger partial charge in [0.25, 0.3) is 0 Å². The summed E-state index contributed by atoms with van der Waals surface area (Å²) >= 11 is 0. The molecule has 3 heterocycles. The van der Waals surface area contributed by atoms with Crippen molar-refractivity contribution >= 4 is 23.1 Å². The fourth-order valence-electron chi connectivity index (χ4n) is 3.06. The van der Waals surface area contributed by atoms with Crippen LogP contribution in [0.1, 0.15) is 28.5 Å². The number of hydrogen-bond acceptors (Lipinski definition) is 5. The zero-order valence-electron chi connectivity index (χ0n) is 15.4. The van der Waals surface area contributed by atoms with Crippen molar-refractivity contribution in [1.82, 2.24) is 19.4 Å². The molecule has 0 aliphatic carbocycles. The van der Waals surface area contributed by atoms with E-state index in [4.69, 9.17) is 4.98 Å². The number of benzene rings is 1. The fraction of sp³-hybridized carbons (Fsp3) is 0.143. The topological polar surface area (TPSA) is 72.2 Å². The first kappa shape index (κ1) is 16.9. The average molecular weight is 357 g/mol. The molecule has 4 rings (SSSR count). The van der Waals surface area contributed by atoms with Gasteiger partial charge in [0.2, 0.25) is 5.95 Å². The van der Waals surface area contributed by atoms with E-state index < -0.39 is 0 Å². The SMILES string of the molecule is CC(=O)c1ccc(Nc2ncc(C)c(-c3c(C)nc4ccccn34)n2)cc1. The van der Waals surface area contributed by atoms with Gasteiger partial charge in [-0.05, 0) is 62.7 Å². The van der Waals surface area contributed by atoms with Crippen molar-refractivity contribution in [3.05, 3.63) is 71.7 Å². The van der Waals surface area contributed by atoms with Gasteiger partial charge in [0.1, 0.15) is 5.65 Å². The van der Waals surface area contributed by atoms with Gasteiger partial charge < -0.3 is 5.32 Å². The maximum atomic E-state index is 11.4. The molecule has 27 heavy (non-hydrogen) atoms. The predicted octanol–water partition coefficient (Wildman–Crippen LogP) is 4.35. The molecule has 0 atom stereocenters. The lowest BCUT2D eigenvalue weighted by atomic mass is 10.1. The summed E-state index contributed by atoms with van der Waals surface area (Å²) in [5.41, 5.74) is 6.07. The number of aryl methyl sites for hydroxylation is 2. The van der Waals surface area contributed by atoms with Crippen molar-refractivity contribution < 1.29 is 4.79 Å². The minimum Gasteiger partial charge on any atom is -0.324 e. The van der Waals surface area contributed by atoms with Crippen LogP contribution in [0.4, 0.5) is 11.6 Å². The lowest BCUT2D eigenvalue weighted by Gasteiger charge is -2.10. The summed E-state index contributed by atoms with van der Waals surface area (Å²) in [4.78, 5) is 25.2. The molecule has 0 unspecified atom stereocenters. The van der Waals surface area contributed by atoms with E-state index in [-0.39, 0.29) is 5.78 Å². The molecule has 0 amide bonds. The molecule has 0 saturated heterocycles. The lowest BCUT2D eigenvalue weighted by molar-refractivity contribution is 0.101. The third kappa shape index (κ3) is 3.17. The summed E-state index contributed by atoms with van der Waals surface area (Å²) < 4.78 is 2.04. The minimum absolute atomic E-state index is 0.0403. The third-order valence-corrected chi connectivity index (χ3v) is 4.45. The number of imidazole rings is 1. The Bertz CT molecular complexity index is 1150. The van der Waals surface area contributed by atoms with Crippen molar-refractivity contribution in [2.24, 2.45) is 0 Å². The number of pyridine rings is 1. The molecule has 6 nitrogen and oxygen atoms in total. The van der Waals surface area contributed by atoms with E-state index in [1.807, 2.05) is 54.8 Å². The quantitative estimate of drug-likeness (QED) is 0.550. The number of carbonyl (C=O) groups excluding carboxylic acids is 1. The molecule has 0 aliphatic rings. The zero-order valence-corrected chi connectivity index (χ0v) is 15.4. The van der Waals surface area contributed by atoms with E-state index in [0.29, 0.717) is 11.5 Å². The standard InChI is InChI=1S/C21H19N5O/c1-13-12-22-21(24-17-9-7-16(8-10-17)15(3)27)25-19(13)20-14(2)23-18-6-4-5-11-26(18)20/h4-12H,1-3H3,(H,22,24,25). The van der Waals surface area contributed by atoms with Crippen LogP contribution in [0, 0.1) is 13.8 Å². The van der Waals surface area contributed by atoms with E-state index in [1.54, 1.807) is 25.3 Å². The van der Waals surface area contributed by atoms with Crippen molar-refractivity contribution in [2.45, 2.75) is 20.8 Å². The third-order valence-electron chi connectivity index (χ3n) is 4.45. The van der Waals surface area contributed by atoms with Crippen LogP contribution in [0.5, 0.6) is 0 Å². The van der Waals surface area contributed by atoms with Crippen molar-refractivity contribution in [1.29, 1.82) is 0 Å². The Morgan fingerprint density at radius 2 is 1.81 bits per heavy atom. The smallest absolute Gasteiger partial charge is 0.227 e. The van der Waals surface area contributed by atoms with Gasteiger partial charge in [0, 0.05) is 23.6 Å². The van der Waals surface area contributed by atoms with Crippen LogP contribution in [0.2, 0.25) is 0 Å². The minimum atomic E-state index is 0.0403. The molecule has 6 heteroatoms. The van der Waals surface area contributed by atoms with E-state index in [1.165, 1.54) is 0 Å². The van der Waals surface area contributed by atoms with E-state index >= 15 is 0 Å². The Morgan fingerprint density at radius 1 is 1.04 bits per heavy atom. The van der Waals surface area contributed by atoms with Crippen LogP contribution in [-0.4, -0.2) is 25.1 Å². The number of nitrogens with one attached hydrogen (secondary N) is 1. The number of ketones is 1. The molecule has 0 bridgehead atoms. The molecule has 3 aromatic heterocycles. The largest absolute Gasteiger partial charge is 0.324 e. The summed E-state index contributed by atoms with van der Waals surface area (Å²) in [5, 5.41) is 3.20. The van der Waals surface area contributed by atoms with Crippen LogP contribution < -0.4 is 5.32 Å². The maximum absolute atomic E-state index is 11.4. The Hall–Kier alpha value is -3.54.